The number of imide groups is 1. The lowest BCUT2D eigenvalue weighted by Gasteiger charge is -2.10. The van der Waals surface area contributed by atoms with E-state index >= 15 is 0 Å². The molecule has 0 saturated heterocycles. The topological polar surface area (TPSA) is 84.0 Å². The van der Waals surface area contributed by atoms with Crippen LogP contribution in [0.3, 0.4) is 0 Å². The summed E-state index contributed by atoms with van der Waals surface area (Å²) in [6.45, 7) is 1.62. The predicted molar refractivity (Wildman–Crippen MR) is 121 cm³/mol. The zero-order valence-corrected chi connectivity index (χ0v) is 18.2. The molecule has 2 amide bonds. The highest BCUT2D eigenvalue weighted by Crippen LogP contribution is 2.40. The van der Waals surface area contributed by atoms with Crippen molar-refractivity contribution < 1.29 is 9.59 Å². The van der Waals surface area contributed by atoms with Crippen LogP contribution in [0.4, 0.5) is 5.82 Å². The maximum atomic E-state index is 12.2. The van der Waals surface area contributed by atoms with E-state index in [-0.39, 0.29) is 24.0 Å². The van der Waals surface area contributed by atoms with Crippen LogP contribution in [0.15, 0.2) is 51.0 Å². The van der Waals surface area contributed by atoms with E-state index in [1.54, 1.807) is 29.6 Å². The molecular weight excluding hydrogens is 448 g/mol. The van der Waals surface area contributed by atoms with Gasteiger partial charge in [0.05, 0.1) is 5.39 Å². The Morgan fingerprint density at radius 1 is 1.03 bits per heavy atom. The van der Waals surface area contributed by atoms with Gasteiger partial charge in [-0.25, -0.2) is 9.97 Å². The van der Waals surface area contributed by atoms with Crippen molar-refractivity contribution in [2.75, 3.05) is 5.32 Å². The summed E-state index contributed by atoms with van der Waals surface area (Å²) in [6.07, 6.45) is 0. The molecule has 146 valence electrons. The molecule has 4 aromatic heterocycles. The highest BCUT2D eigenvalue weighted by molar-refractivity contribution is 7.18. The summed E-state index contributed by atoms with van der Waals surface area (Å²) in [7, 11) is 0. The first kappa shape index (κ1) is 19.7. The van der Waals surface area contributed by atoms with Gasteiger partial charge in [-0.2, -0.15) is 11.3 Å². The summed E-state index contributed by atoms with van der Waals surface area (Å²) >= 11 is 4.73. The van der Waals surface area contributed by atoms with Gasteiger partial charge >= 0.3 is 0 Å². The van der Waals surface area contributed by atoms with Crippen molar-refractivity contribution in [1.29, 1.82) is 0 Å². The second kappa shape index (κ2) is 7.68. The van der Waals surface area contributed by atoms with Crippen molar-refractivity contribution in [3.8, 4) is 21.8 Å². The van der Waals surface area contributed by atoms with Gasteiger partial charge < -0.3 is 5.32 Å². The Bertz CT molecular complexity index is 1260. The smallest absolute Gasteiger partial charge is 0.275 e. The lowest BCUT2D eigenvalue weighted by atomic mass is 10.2. The van der Waals surface area contributed by atoms with Crippen molar-refractivity contribution in [1.82, 2.24) is 15.3 Å². The van der Waals surface area contributed by atoms with Crippen LogP contribution < -0.4 is 10.6 Å². The minimum atomic E-state index is -0.445. The van der Waals surface area contributed by atoms with E-state index in [1.807, 2.05) is 34.3 Å². The van der Waals surface area contributed by atoms with E-state index < -0.39 is 5.91 Å². The van der Waals surface area contributed by atoms with Gasteiger partial charge in [0.15, 0.2) is 5.82 Å². The Labute approximate surface area is 183 Å². The summed E-state index contributed by atoms with van der Waals surface area (Å²) in [5, 5.41) is 14.3. The molecule has 5 heterocycles. The molecule has 1 aliphatic rings. The molecule has 10 heteroatoms. The van der Waals surface area contributed by atoms with Crippen molar-refractivity contribution in [2.24, 2.45) is 0 Å². The Kier molecular flexibility index (Phi) is 5.22. The molecule has 0 radical (unpaired) electrons. The third kappa shape index (κ3) is 3.36. The van der Waals surface area contributed by atoms with Gasteiger partial charge in [-0.3, -0.25) is 14.9 Å². The summed E-state index contributed by atoms with van der Waals surface area (Å²) in [5.74, 6) is 0.271. The first-order valence-corrected chi connectivity index (χ1v) is 11.0. The number of carbonyl (C=O) groups excluding carboxylic acids is 2. The number of halogens is 1. The molecular formula is C19H13ClN4O2S3. The number of thiophene rings is 3. The van der Waals surface area contributed by atoms with Crippen LogP contribution in [0.25, 0.3) is 32.0 Å². The third-order valence-corrected chi connectivity index (χ3v) is 6.87. The predicted octanol–water partition coefficient (Wildman–Crippen LogP) is 4.91. The van der Waals surface area contributed by atoms with Crippen molar-refractivity contribution in [3.05, 3.63) is 51.0 Å². The Balaban J connectivity index is 0.00000205. The Hall–Kier alpha value is -2.59. The number of nitrogens with zero attached hydrogens (tertiary/aromatic N) is 2. The second-order valence-corrected chi connectivity index (χ2v) is 8.71. The van der Waals surface area contributed by atoms with Gasteiger partial charge in [-0.05, 0) is 29.8 Å². The SMILES string of the molecule is CC1=C(Nc2nc(-c3ccsc3)nc3scc(-c4cccs4)c23)C(=O)NC1=O.Cl. The highest BCUT2D eigenvalue weighted by atomic mass is 35.5. The first-order valence-electron chi connectivity index (χ1n) is 8.31. The number of anilines is 1. The van der Waals surface area contributed by atoms with Gasteiger partial charge in [0, 0.05) is 32.3 Å². The van der Waals surface area contributed by atoms with Crippen molar-refractivity contribution in [3.63, 3.8) is 0 Å². The normalized spacial score (nSPS) is 13.7. The number of fused-ring (bicyclic) bond motifs is 1. The molecule has 2 N–H and O–H groups in total. The fourth-order valence-corrected chi connectivity index (χ4v) is 5.37. The molecule has 5 rings (SSSR count). The molecule has 4 aromatic rings. The molecule has 0 bridgehead atoms. The highest BCUT2D eigenvalue weighted by Gasteiger charge is 2.28. The maximum Gasteiger partial charge on any atom is 0.275 e. The lowest BCUT2D eigenvalue weighted by molar-refractivity contribution is -0.124. The number of hydrogen-bond donors (Lipinski definition) is 2. The number of hydrogen-bond acceptors (Lipinski definition) is 8. The van der Waals surface area contributed by atoms with E-state index in [2.05, 4.69) is 16.0 Å². The Morgan fingerprint density at radius 3 is 2.55 bits per heavy atom. The van der Waals surface area contributed by atoms with Crippen LogP contribution in [-0.4, -0.2) is 21.8 Å². The minimum Gasteiger partial charge on any atom is -0.335 e. The lowest BCUT2D eigenvalue weighted by Crippen LogP contribution is -2.24. The molecule has 0 aliphatic carbocycles. The standard InChI is InChI=1S/C19H12N4O2S3.ClH/c1-9-14(18(25)23-17(9)24)20-16-13-11(12-3-2-5-27-12)8-28-19(13)22-15(21-16)10-4-6-26-7-10;/h2-8H,1H3,(H2,20,21,22,23,24,25);1H. The van der Waals surface area contributed by atoms with Crippen LogP contribution in [0.5, 0.6) is 0 Å². The van der Waals surface area contributed by atoms with Crippen LogP contribution in [-0.2, 0) is 9.59 Å². The number of aromatic nitrogens is 2. The number of carbonyl (C=O) groups is 2. The van der Waals surface area contributed by atoms with Gasteiger partial charge in [0.2, 0.25) is 0 Å². The summed E-state index contributed by atoms with van der Waals surface area (Å²) < 4.78 is 0. The van der Waals surface area contributed by atoms with E-state index in [9.17, 15) is 9.59 Å². The van der Waals surface area contributed by atoms with Gasteiger partial charge in [0.1, 0.15) is 16.3 Å². The van der Waals surface area contributed by atoms with Crippen LogP contribution in [0, 0.1) is 0 Å². The van der Waals surface area contributed by atoms with Gasteiger partial charge in [-0.15, -0.1) is 35.1 Å². The van der Waals surface area contributed by atoms with Crippen LogP contribution in [0.1, 0.15) is 6.92 Å². The summed E-state index contributed by atoms with van der Waals surface area (Å²) in [4.78, 5) is 35.4. The molecule has 1 aliphatic heterocycles. The first-order chi connectivity index (χ1) is 13.6. The van der Waals surface area contributed by atoms with Gasteiger partial charge in [0.25, 0.3) is 11.8 Å². The van der Waals surface area contributed by atoms with Crippen molar-refractivity contribution >= 4 is 74.3 Å². The fraction of sp³-hybridized carbons (Fsp3) is 0.0526. The second-order valence-electron chi connectivity index (χ2n) is 6.12. The van der Waals surface area contributed by atoms with Crippen molar-refractivity contribution in [2.45, 2.75) is 6.92 Å². The molecule has 0 saturated carbocycles. The minimum absolute atomic E-state index is 0. The summed E-state index contributed by atoms with van der Waals surface area (Å²) in [6, 6.07) is 5.99. The number of rotatable bonds is 4. The van der Waals surface area contributed by atoms with E-state index in [0.717, 1.165) is 26.2 Å². The van der Waals surface area contributed by atoms with Crippen LogP contribution in [0.2, 0.25) is 0 Å². The molecule has 0 spiro atoms. The molecule has 0 atom stereocenters. The van der Waals surface area contributed by atoms with Crippen LogP contribution >= 0.6 is 46.4 Å². The van der Waals surface area contributed by atoms with E-state index in [0.29, 0.717) is 17.2 Å². The molecule has 0 unspecified atom stereocenters. The average molecular weight is 461 g/mol. The largest absolute Gasteiger partial charge is 0.335 e. The fourth-order valence-electron chi connectivity index (χ4n) is 2.98. The van der Waals surface area contributed by atoms with E-state index in [4.69, 9.17) is 9.97 Å². The number of nitrogens with one attached hydrogen (secondary N) is 2. The van der Waals surface area contributed by atoms with E-state index in [1.165, 1.54) is 11.3 Å². The van der Waals surface area contributed by atoms with Gasteiger partial charge in [-0.1, -0.05) is 6.07 Å². The quantitative estimate of drug-likeness (QED) is 0.422. The third-order valence-electron chi connectivity index (χ3n) is 4.41. The molecule has 0 fully saturated rings. The summed E-state index contributed by atoms with van der Waals surface area (Å²) in [5.41, 5.74) is 2.50. The zero-order valence-electron chi connectivity index (χ0n) is 14.9. The zero-order chi connectivity index (χ0) is 19.3. The molecule has 6 nitrogen and oxygen atoms in total. The monoisotopic (exact) mass is 460 g/mol. The maximum absolute atomic E-state index is 12.2. The number of amides is 2. The average Bonchev–Trinajstić information content (AvgIpc) is 3.46. The molecule has 29 heavy (non-hydrogen) atoms. The Morgan fingerprint density at radius 2 is 1.90 bits per heavy atom. The molecule has 0 aromatic carbocycles.